The maximum Gasteiger partial charge on any atom is 0.380 e. The molecule has 210 valence electrons. The van der Waals surface area contributed by atoms with Crippen molar-refractivity contribution in [2.45, 2.75) is 0 Å². The van der Waals surface area contributed by atoms with Gasteiger partial charge in [0.05, 0.1) is 11.6 Å². The topological polar surface area (TPSA) is 34.8 Å². The smallest absolute Gasteiger partial charge is 0.380 e. The van der Waals surface area contributed by atoms with Crippen LogP contribution in [-0.2, 0) is 0 Å². The average Bonchev–Trinajstić information content (AvgIpc) is 3.72. The molecule has 13 rings (SSSR count). The van der Waals surface area contributed by atoms with Crippen molar-refractivity contribution >= 4 is 62.1 Å². The van der Waals surface area contributed by atoms with Crippen LogP contribution in [0.2, 0.25) is 0 Å². The van der Waals surface area contributed by atoms with Gasteiger partial charge in [-0.1, -0.05) is 72.8 Å². The predicted molar refractivity (Wildman–Crippen MR) is 179 cm³/mol. The van der Waals surface area contributed by atoms with E-state index in [0.29, 0.717) is 0 Å². The Morgan fingerprint density at radius 2 is 1.35 bits per heavy atom. The Bertz CT molecular complexity index is 2750. The summed E-state index contributed by atoms with van der Waals surface area (Å²) in [6.07, 6.45) is 4.19. The lowest BCUT2D eigenvalue weighted by atomic mass is 10.1. The molecular weight excluding hydrogens is 583 g/mol. The molecule has 0 saturated carbocycles. The van der Waals surface area contributed by atoms with Gasteiger partial charge in [0.15, 0.2) is 18.5 Å². The standard InChI is InChI=1S/C39H22N5OSi/c1-3-15-31-23(9-1)24-10-2-4-16-32(24)46(31)33-17-8-11-25-26-20-21-40-43-39(26)42(35(25)33)36-34(46)19-18-30-38(36)44(43)37-27(12-7-14-29(37)45-30)28-13-5-6-22-41(28)44/h1-22H/q+3. The SMILES string of the molecule is c1ccc2c(c1)-c1ccccc1[Si]21c2ccc3c4c2-n2c5c1cccc5c1ccn[n+](c12)[N+]41c2c(cccc2-c2cccc[n+]21)O3. The van der Waals surface area contributed by atoms with Crippen LogP contribution in [0.4, 0.5) is 11.4 Å². The molecule has 2 spiro atoms. The van der Waals surface area contributed by atoms with Gasteiger partial charge < -0.3 is 4.74 Å². The maximum atomic E-state index is 6.94. The number of pyridine rings is 1. The summed E-state index contributed by atoms with van der Waals surface area (Å²) in [6, 6.07) is 45.1. The summed E-state index contributed by atoms with van der Waals surface area (Å²) in [5.74, 6) is 1.74. The van der Waals surface area contributed by atoms with Gasteiger partial charge in [0.1, 0.15) is 15.9 Å². The van der Waals surface area contributed by atoms with Crippen LogP contribution >= 0.6 is 0 Å². The molecule has 0 amide bonds. The van der Waals surface area contributed by atoms with Gasteiger partial charge >= 0.3 is 17.0 Å². The summed E-state index contributed by atoms with van der Waals surface area (Å²) < 4.78 is 12.2. The summed E-state index contributed by atoms with van der Waals surface area (Å²) >= 11 is 0. The molecule has 3 aromatic heterocycles. The van der Waals surface area contributed by atoms with E-state index in [1.165, 1.54) is 53.9 Å². The number of ether oxygens (including phenoxy) is 1. The van der Waals surface area contributed by atoms with Gasteiger partial charge in [0, 0.05) is 32.6 Å². The zero-order valence-electron chi connectivity index (χ0n) is 24.3. The minimum Gasteiger partial charge on any atom is -0.444 e. The second kappa shape index (κ2) is 6.99. The highest BCUT2D eigenvalue weighted by molar-refractivity contribution is 7.23. The lowest BCUT2D eigenvalue weighted by Gasteiger charge is -2.38. The zero-order chi connectivity index (χ0) is 29.5. The summed E-state index contributed by atoms with van der Waals surface area (Å²) in [5.41, 5.74) is 10.9. The molecule has 7 heteroatoms. The van der Waals surface area contributed by atoms with Crippen molar-refractivity contribution in [2.75, 3.05) is 0 Å². The van der Waals surface area contributed by atoms with Gasteiger partial charge in [-0.2, -0.15) is 4.57 Å². The molecule has 8 aromatic rings. The number of fused-ring (bicyclic) bond motifs is 10. The first-order chi connectivity index (χ1) is 22.8. The van der Waals surface area contributed by atoms with Gasteiger partial charge in [0.25, 0.3) is 5.69 Å². The molecule has 5 aliphatic heterocycles. The Balaban J connectivity index is 1.37. The number of quaternary nitrogens is 1. The average molecular weight is 605 g/mol. The van der Waals surface area contributed by atoms with E-state index in [-0.39, 0.29) is 4.70 Å². The van der Waals surface area contributed by atoms with Gasteiger partial charge in [-0.25, -0.2) is 0 Å². The molecule has 6 nitrogen and oxygen atoms in total. The fourth-order valence-corrected chi connectivity index (χ4v) is 15.4. The predicted octanol–water partition coefficient (Wildman–Crippen LogP) is 4.39. The maximum absolute atomic E-state index is 6.94. The molecule has 0 saturated heterocycles. The van der Waals surface area contributed by atoms with E-state index in [1.807, 2.05) is 6.20 Å². The fraction of sp³-hybridized carbons (Fsp3) is 0. The first-order valence-electron chi connectivity index (χ1n) is 15.8. The number of nitrogens with zero attached hydrogens (tertiary/aromatic N) is 5. The fourth-order valence-electron chi connectivity index (χ4n) is 9.86. The summed E-state index contributed by atoms with van der Waals surface area (Å²) in [5, 5.41) is 13.5. The lowest BCUT2D eigenvalue weighted by Crippen LogP contribution is -2.86. The summed E-state index contributed by atoms with van der Waals surface area (Å²) in [4.78, 5) is 2.24. The molecular formula is C39H22N5OSi+3. The van der Waals surface area contributed by atoms with Crippen LogP contribution in [0, 0.1) is 0 Å². The van der Waals surface area contributed by atoms with Gasteiger partial charge in [0.2, 0.25) is 17.6 Å². The lowest BCUT2D eigenvalue weighted by molar-refractivity contribution is -1.05. The first-order valence-corrected chi connectivity index (χ1v) is 17.8. The van der Waals surface area contributed by atoms with E-state index in [0.717, 1.165) is 39.8 Å². The Labute approximate surface area is 263 Å². The second-order valence-electron chi connectivity index (χ2n) is 12.9. The molecule has 0 aliphatic carbocycles. The Morgan fingerprint density at radius 3 is 2.22 bits per heavy atom. The third-order valence-corrected chi connectivity index (χ3v) is 16.2. The number of rotatable bonds is 0. The van der Waals surface area contributed by atoms with Crippen molar-refractivity contribution in [3.8, 4) is 39.6 Å². The highest BCUT2D eigenvalue weighted by Gasteiger charge is 2.72. The first kappa shape index (κ1) is 22.6. The van der Waals surface area contributed by atoms with Crippen molar-refractivity contribution in [3.05, 3.63) is 134 Å². The number of hydrogen-bond donors (Lipinski definition) is 0. The molecule has 5 aliphatic rings. The highest BCUT2D eigenvalue weighted by atomic mass is 28.3. The van der Waals surface area contributed by atoms with Crippen molar-refractivity contribution < 1.29 is 14.2 Å². The number of para-hydroxylation sites is 2. The highest BCUT2D eigenvalue weighted by Crippen LogP contribution is 2.59. The van der Waals surface area contributed by atoms with Crippen molar-refractivity contribution in [3.63, 3.8) is 0 Å². The van der Waals surface area contributed by atoms with Crippen LogP contribution in [0.3, 0.4) is 0 Å². The van der Waals surface area contributed by atoms with E-state index >= 15 is 0 Å². The molecule has 46 heavy (non-hydrogen) atoms. The minimum absolute atomic E-state index is 0.289. The molecule has 1 unspecified atom stereocenters. The van der Waals surface area contributed by atoms with E-state index in [4.69, 9.17) is 9.84 Å². The third kappa shape index (κ3) is 2.00. The Morgan fingerprint density at radius 1 is 0.609 bits per heavy atom. The monoisotopic (exact) mass is 604 g/mol. The number of aromatic nitrogens is 4. The van der Waals surface area contributed by atoms with E-state index in [9.17, 15) is 0 Å². The van der Waals surface area contributed by atoms with Crippen LogP contribution < -0.4 is 39.7 Å². The molecule has 8 heterocycles. The summed E-state index contributed by atoms with van der Waals surface area (Å²) in [7, 11) is -2.78. The third-order valence-electron chi connectivity index (χ3n) is 11.3. The van der Waals surface area contributed by atoms with Crippen LogP contribution in [0.15, 0.2) is 134 Å². The zero-order valence-corrected chi connectivity index (χ0v) is 25.3. The van der Waals surface area contributed by atoms with Crippen LogP contribution in [0.5, 0.6) is 11.5 Å². The van der Waals surface area contributed by atoms with Crippen LogP contribution in [-0.4, -0.2) is 17.7 Å². The second-order valence-corrected chi connectivity index (χ2v) is 16.6. The number of hydrogen-bond acceptors (Lipinski definition) is 2. The van der Waals surface area contributed by atoms with Gasteiger partial charge in [-0.05, 0) is 63.0 Å². The molecule has 0 radical (unpaired) electrons. The van der Waals surface area contributed by atoms with Gasteiger partial charge in [-0.3, -0.25) is 0 Å². The Kier molecular flexibility index (Phi) is 3.43. The molecule has 0 N–H and O–H groups in total. The minimum atomic E-state index is -2.78. The van der Waals surface area contributed by atoms with E-state index in [1.54, 1.807) is 0 Å². The van der Waals surface area contributed by atoms with Crippen LogP contribution in [0.1, 0.15) is 0 Å². The number of benzene rings is 5. The molecule has 0 fully saturated rings. The van der Waals surface area contributed by atoms with Gasteiger partial charge in [-0.15, -0.1) is 0 Å². The van der Waals surface area contributed by atoms with Crippen molar-refractivity contribution in [1.82, 2.24) is 14.4 Å². The molecule has 1 atom stereocenters. The van der Waals surface area contributed by atoms with Crippen molar-refractivity contribution in [2.24, 2.45) is 0 Å². The quantitative estimate of drug-likeness (QED) is 0.146. The summed E-state index contributed by atoms with van der Waals surface area (Å²) in [6.45, 7) is 0. The molecule has 0 bridgehead atoms. The largest absolute Gasteiger partial charge is 0.444 e. The van der Waals surface area contributed by atoms with E-state index < -0.39 is 8.07 Å². The Hall–Kier alpha value is -5.89. The van der Waals surface area contributed by atoms with Crippen molar-refractivity contribution in [1.29, 1.82) is 0 Å². The van der Waals surface area contributed by atoms with E-state index in [2.05, 4.69) is 142 Å². The molecule has 5 aromatic carbocycles. The normalized spacial score (nSPS) is 18.4. The van der Waals surface area contributed by atoms with Crippen LogP contribution in [0.25, 0.3) is 50.0 Å².